The molecule has 2 atom stereocenters. The fraction of sp³-hybridized carbons (Fsp3) is 0.500. The van der Waals surface area contributed by atoms with Gasteiger partial charge in [0, 0.05) is 24.0 Å². The van der Waals surface area contributed by atoms with E-state index in [9.17, 15) is 18.0 Å². The van der Waals surface area contributed by atoms with Crippen LogP contribution >= 0.6 is 0 Å². The van der Waals surface area contributed by atoms with Crippen molar-refractivity contribution in [1.82, 2.24) is 4.90 Å². The van der Waals surface area contributed by atoms with Crippen molar-refractivity contribution in [1.29, 1.82) is 0 Å². The van der Waals surface area contributed by atoms with Crippen molar-refractivity contribution in [2.45, 2.75) is 39.3 Å². The molecule has 158 valence electrons. The number of aryl methyl sites for hydroxylation is 1. The van der Waals surface area contributed by atoms with E-state index in [0.717, 1.165) is 5.39 Å². The number of amides is 1. The van der Waals surface area contributed by atoms with Gasteiger partial charge in [-0.1, -0.05) is 0 Å². The van der Waals surface area contributed by atoms with Gasteiger partial charge in [-0.3, -0.25) is 4.79 Å². The molecular weight excluding hydrogens is 398 g/mol. The summed E-state index contributed by atoms with van der Waals surface area (Å²) in [7, 11) is -1.59. The van der Waals surface area contributed by atoms with Crippen LogP contribution in [0.2, 0.25) is 0 Å². The summed E-state index contributed by atoms with van der Waals surface area (Å²) in [5.74, 6) is -0.510. The fourth-order valence-corrected chi connectivity index (χ4v) is 5.24. The lowest BCUT2D eigenvalue weighted by atomic mass is 10.1. The highest BCUT2D eigenvalue weighted by molar-refractivity contribution is 7.91. The van der Waals surface area contributed by atoms with Crippen LogP contribution in [0.5, 0.6) is 5.75 Å². The molecule has 9 heteroatoms. The molecule has 0 N–H and O–H groups in total. The number of furan rings is 1. The van der Waals surface area contributed by atoms with Crippen LogP contribution in [0.25, 0.3) is 11.0 Å². The zero-order valence-corrected chi connectivity index (χ0v) is 17.7. The predicted molar refractivity (Wildman–Crippen MR) is 107 cm³/mol. The molecule has 29 heavy (non-hydrogen) atoms. The van der Waals surface area contributed by atoms with Crippen molar-refractivity contribution in [3.05, 3.63) is 29.5 Å². The van der Waals surface area contributed by atoms with Gasteiger partial charge < -0.3 is 18.8 Å². The summed E-state index contributed by atoms with van der Waals surface area (Å²) in [6.45, 7) is 5.60. The Morgan fingerprint density at radius 2 is 2.07 bits per heavy atom. The molecule has 0 saturated carbocycles. The smallest absolute Gasteiger partial charge is 0.375 e. The third kappa shape index (κ3) is 4.39. The Bertz CT molecular complexity index is 1040. The number of esters is 1. The standard InChI is InChI=1S/C20H25NO7S/c1-5-26-15-6-7-17-16(10-15)12(2)18(28-17)20(23)27-13(3)19(22)21(4)14-8-9-29(24,25)11-14/h6-7,10,13-14H,5,8-9,11H2,1-4H3/t13-,14+/m1/s1. The Morgan fingerprint density at radius 3 is 2.69 bits per heavy atom. The van der Waals surface area contributed by atoms with Crippen molar-refractivity contribution in [3.8, 4) is 5.75 Å². The highest BCUT2D eigenvalue weighted by Gasteiger charge is 2.35. The molecule has 1 aliphatic heterocycles. The van der Waals surface area contributed by atoms with Gasteiger partial charge in [-0.15, -0.1) is 0 Å². The van der Waals surface area contributed by atoms with Crippen molar-refractivity contribution < 1.29 is 31.9 Å². The molecule has 0 bridgehead atoms. The Labute approximate surface area is 169 Å². The third-order valence-electron chi connectivity index (χ3n) is 5.14. The van der Waals surface area contributed by atoms with E-state index in [1.807, 2.05) is 6.92 Å². The molecule has 3 rings (SSSR count). The molecule has 1 aromatic carbocycles. The number of fused-ring (bicyclic) bond motifs is 1. The first-order chi connectivity index (χ1) is 13.6. The lowest BCUT2D eigenvalue weighted by Crippen LogP contribution is -2.44. The number of rotatable bonds is 6. The van der Waals surface area contributed by atoms with Crippen LogP contribution in [0.3, 0.4) is 0 Å². The van der Waals surface area contributed by atoms with Gasteiger partial charge in [0.15, 0.2) is 15.9 Å². The molecule has 2 aromatic rings. The van der Waals surface area contributed by atoms with Crippen LogP contribution in [0.1, 0.15) is 36.4 Å². The number of carbonyl (C=O) groups excluding carboxylic acids is 2. The van der Waals surface area contributed by atoms with Crippen molar-refractivity contribution in [3.63, 3.8) is 0 Å². The quantitative estimate of drug-likeness (QED) is 0.657. The second-order valence-corrected chi connectivity index (χ2v) is 9.43. The number of benzene rings is 1. The molecule has 1 aromatic heterocycles. The highest BCUT2D eigenvalue weighted by Crippen LogP contribution is 2.29. The van der Waals surface area contributed by atoms with Gasteiger partial charge in [-0.05, 0) is 45.4 Å². The Balaban J connectivity index is 1.72. The van der Waals surface area contributed by atoms with Crippen LogP contribution in [-0.2, 0) is 19.4 Å². The van der Waals surface area contributed by atoms with Gasteiger partial charge in [0.05, 0.1) is 18.1 Å². The summed E-state index contributed by atoms with van der Waals surface area (Å²) >= 11 is 0. The Kier molecular flexibility index (Phi) is 5.88. The first kappa shape index (κ1) is 21.2. The summed E-state index contributed by atoms with van der Waals surface area (Å²) < 4.78 is 39.7. The number of likely N-dealkylation sites (N-methyl/N-ethyl adjacent to an activating group) is 1. The molecule has 2 heterocycles. The van der Waals surface area contributed by atoms with E-state index >= 15 is 0 Å². The van der Waals surface area contributed by atoms with Gasteiger partial charge in [-0.2, -0.15) is 0 Å². The number of hydrogen-bond donors (Lipinski definition) is 0. The normalized spacial score (nSPS) is 19.1. The van der Waals surface area contributed by atoms with Crippen LogP contribution in [0.15, 0.2) is 22.6 Å². The van der Waals surface area contributed by atoms with E-state index in [-0.39, 0.29) is 17.3 Å². The van der Waals surface area contributed by atoms with E-state index in [1.165, 1.54) is 18.9 Å². The van der Waals surface area contributed by atoms with E-state index in [1.54, 1.807) is 25.1 Å². The largest absolute Gasteiger partial charge is 0.494 e. The van der Waals surface area contributed by atoms with Gasteiger partial charge in [0.25, 0.3) is 5.91 Å². The average molecular weight is 423 g/mol. The van der Waals surface area contributed by atoms with Gasteiger partial charge >= 0.3 is 5.97 Å². The van der Waals surface area contributed by atoms with E-state index in [4.69, 9.17) is 13.9 Å². The fourth-order valence-electron chi connectivity index (χ4n) is 3.46. The first-order valence-corrected chi connectivity index (χ1v) is 11.3. The molecule has 1 saturated heterocycles. The number of ether oxygens (including phenoxy) is 2. The van der Waals surface area contributed by atoms with E-state index < -0.39 is 33.9 Å². The maximum atomic E-state index is 12.6. The maximum Gasteiger partial charge on any atom is 0.375 e. The van der Waals surface area contributed by atoms with Crippen LogP contribution in [-0.4, -0.2) is 62.5 Å². The van der Waals surface area contributed by atoms with Gasteiger partial charge in [0.2, 0.25) is 5.76 Å². The second-order valence-electron chi connectivity index (χ2n) is 7.20. The van der Waals surface area contributed by atoms with E-state index in [2.05, 4.69) is 0 Å². The van der Waals surface area contributed by atoms with Crippen molar-refractivity contribution in [2.75, 3.05) is 25.2 Å². The minimum absolute atomic E-state index is 0.0272. The average Bonchev–Trinajstić information content (AvgIpc) is 3.20. The number of hydrogen-bond acceptors (Lipinski definition) is 7. The van der Waals surface area contributed by atoms with Crippen LogP contribution in [0.4, 0.5) is 0 Å². The third-order valence-corrected chi connectivity index (χ3v) is 6.89. The van der Waals surface area contributed by atoms with Crippen molar-refractivity contribution >= 4 is 32.7 Å². The lowest BCUT2D eigenvalue weighted by molar-refractivity contribution is -0.140. The molecule has 0 spiro atoms. The Morgan fingerprint density at radius 1 is 1.34 bits per heavy atom. The molecule has 8 nitrogen and oxygen atoms in total. The molecule has 0 unspecified atom stereocenters. The maximum absolute atomic E-state index is 12.6. The minimum atomic E-state index is -3.12. The van der Waals surface area contributed by atoms with E-state index in [0.29, 0.717) is 29.9 Å². The van der Waals surface area contributed by atoms with Gasteiger partial charge in [-0.25, -0.2) is 13.2 Å². The number of sulfone groups is 1. The molecule has 1 fully saturated rings. The minimum Gasteiger partial charge on any atom is -0.494 e. The summed E-state index contributed by atoms with van der Waals surface area (Å²) in [4.78, 5) is 26.5. The summed E-state index contributed by atoms with van der Waals surface area (Å²) in [5.41, 5.74) is 1.12. The lowest BCUT2D eigenvalue weighted by Gasteiger charge is -2.26. The van der Waals surface area contributed by atoms with Gasteiger partial charge in [0.1, 0.15) is 11.3 Å². The zero-order chi connectivity index (χ0) is 21.3. The molecule has 0 aliphatic carbocycles. The monoisotopic (exact) mass is 423 g/mol. The number of carbonyl (C=O) groups is 2. The first-order valence-electron chi connectivity index (χ1n) is 9.47. The zero-order valence-electron chi connectivity index (χ0n) is 16.9. The van der Waals surface area contributed by atoms with Crippen molar-refractivity contribution in [2.24, 2.45) is 0 Å². The van der Waals surface area contributed by atoms with Crippen LogP contribution in [0, 0.1) is 6.92 Å². The second kappa shape index (κ2) is 8.06. The molecule has 1 aliphatic rings. The number of nitrogens with zero attached hydrogens (tertiary/aromatic N) is 1. The topological polar surface area (TPSA) is 103 Å². The summed E-state index contributed by atoms with van der Waals surface area (Å²) in [6.07, 6.45) is -0.682. The summed E-state index contributed by atoms with van der Waals surface area (Å²) in [5, 5.41) is 0.732. The van der Waals surface area contributed by atoms with Crippen LogP contribution < -0.4 is 4.74 Å². The summed E-state index contributed by atoms with van der Waals surface area (Å²) in [6, 6.07) is 4.85. The molecular formula is C20H25NO7S. The Hall–Kier alpha value is -2.55. The molecule has 1 amide bonds. The molecule has 0 radical (unpaired) electrons. The SMILES string of the molecule is CCOc1ccc2oc(C(=O)O[C@H](C)C(=O)N(C)[C@H]3CCS(=O)(=O)C3)c(C)c2c1. The predicted octanol–water partition coefficient (Wildman–Crippen LogP) is 2.33. The highest BCUT2D eigenvalue weighted by atomic mass is 32.2.